The van der Waals surface area contributed by atoms with Crippen molar-refractivity contribution in [1.82, 2.24) is 10.3 Å². The molecule has 1 aliphatic heterocycles. The van der Waals surface area contributed by atoms with Crippen LogP contribution in [-0.4, -0.2) is 17.7 Å². The average molecular weight is 406 g/mol. The van der Waals surface area contributed by atoms with Gasteiger partial charge in [0.15, 0.2) is 11.5 Å². The summed E-state index contributed by atoms with van der Waals surface area (Å²) in [5, 5.41) is 4.20. The van der Waals surface area contributed by atoms with E-state index in [9.17, 15) is 9.18 Å². The maximum Gasteiger partial charge on any atom is 0.235 e. The second kappa shape index (κ2) is 6.38. The summed E-state index contributed by atoms with van der Waals surface area (Å²) in [4.78, 5) is 16.4. The van der Waals surface area contributed by atoms with Crippen LogP contribution >= 0.6 is 0 Å². The van der Waals surface area contributed by atoms with Gasteiger partial charge in [0.1, 0.15) is 5.83 Å². The van der Waals surface area contributed by atoms with Crippen molar-refractivity contribution in [2.24, 2.45) is 0 Å². The predicted octanol–water partition coefficient (Wildman–Crippen LogP) is 2.80. The van der Waals surface area contributed by atoms with Crippen LogP contribution in [0.3, 0.4) is 0 Å². The maximum absolute atomic E-state index is 14.9. The van der Waals surface area contributed by atoms with Crippen LogP contribution in [0.1, 0.15) is 44.9 Å². The molecule has 5 nitrogen and oxygen atoms in total. The van der Waals surface area contributed by atoms with Gasteiger partial charge in [0.2, 0.25) is 12.7 Å². The molecule has 0 radical (unpaired) electrons. The molecule has 0 unspecified atom stereocenters. The summed E-state index contributed by atoms with van der Waals surface area (Å²) >= 11 is 0. The van der Waals surface area contributed by atoms with Crippen LogP contribution in [-0.2, 0) is 15.6 Å². The molecule has 2 heterocycles. The molecule has 0 saturated heterocycles. The number of rotatable bonds is 3. The lowest BCUT2D eigenvalue weighted by molar-refractivity contribution is -0.122. The van der Waals surface area contributed by atoms with Gasteiger partial charge in [-0.1, -0.05) is 26.8 Å². The van der Waals surface area contributed by atoms with Crippen molar-refractivity contribution >= 4 is 17.7 Å². The Morgan fingerprint density at radius 3 is 2.70 bits per heavy atom. The van der Waals surface area contributed by atoms with Crippen LogP contribution in [0.5, 0.6) is 11.5 Å². The standard InChI is InChI=1S/C24H23FN2O3/c1-23(2,3)21-10-14-4-6-17(16(25)12-18(14)26-21)27-22(28)24(8-9-24)15-5-7-19-20(11-15)30-13-29-19/h5-7,10-12,26H,8-9,13H2,1-3H3,(H,27,28). The number of halogens is 1. The van der Waals surface area contributed by atoms with E-state index in [0.717, 1.165) is 16.5 Å². The highest BCUT2D eigenvalue weighted by atomic mass is 19.1. The summed E-state index contributed by atoms with van der Waals surface area (Å²) in [5.74, 6) is 0.592. The molecule has 2 aliphatic carbocycles. The van der Waals surface area contributed by atoms with E-state index in [1.807, 2.05) is 24.3 Å². The number of H-pyrrole nitrogens is 1. The highest BCUT2D eigenvalue weighted by Gasteiger charge is 2.52. The fourth-order valence-electron chi connectivity index (χ4n) is 3.83. The van der Waals surface area contributed by atoms with Gasteiger partial charge in [-0.2, -0.15) is 0 Å². The fourth-order valence-corrected chi connectivity index (χ4v) is 3.83. The molecule has 1 aromatic heterocycles. The first-order valence-corrected chi connectivity index (χ1v) is 10.1. The van der Waals surface area contributed by atoms with Gasteiger partial charge in [-0.05, 0) is 36.6 Å². The van der Waals surface area contributed by atoms with Gasteiger partial charge in [-0.25, -0.2) is 4.39 Å². The van der Waals surface area contributed by atoms with Crippen LogP contribution in [0.2, 0.25) is 0 Å². The van der Waals surface area contributed by atoms with E-state index in [1.165, 1.54) is 12.2 Å². The maximum atomic E-state index is 14.9. The molecule has 5 rings (SSSR count). The molecule has 1 aromatic carbocycles. The van der Waals surface area contributed by atoms with E-state index in [4.69, 9.17) is 9.47 Å². The van der Waals surface area contributed by atoms with Crippen LogP contribution in [0.4, 0.5) is 4.39 Å². The molecule has 0 bridgehead atoms. The molecule has 2 N–H and O–H groups in total. The molecular formula is C24H23FN2O3. The van der Waals surface area contributed by atoms with Gasteiger partial charge in [0.05, 0.1) is 16.5 Å². The monoisotopic (exact) mass is 406 g/mol. The number of hydrogen-bond acceptors (Lipinski definition) is 3. The number of aromatic amines is 1. The highest BCUT2D eigenvalue weighted by Crippen LogP contribution is 2.50. The quantitative estimate of drug-likeness (QED) is 0.824. The Hall–Kier alpha value is -3.24. The van der Waals surface area contributed by atoms with Crippen molar-refractivity contribution in [2.75, 3.05) is 6.79 Å². The summed E-state index contributed by atoms with van der Waals surface area (Å²) in [5.41, 5.74) is 4.35. The number of allylic oxidation sites excluding steroid dienone is 2. The van der Waals surface area contributed by atoms with Crippen molar-refractivity contribution in [1.29, 1.82) is 0 Å². The van der Waals surface area contributed by atoms with Gasteiger partial charge in [-0.3, -0.25) is 4.79 Å². The predicted molar refractivity (Wildman–Crippen MR) is 111 cm³/mol. The minimum absolute atomic E-state index is 0.0814. The number of carbonyl (C=O) groups excluding carboxylic acids is 1. The number of carbonyl (C=O) groups is 1. The Kier molecular flexibility index (Phi) is 3.99. The fraction of sp³-hybridized carbons (Fsp3) is 0.333. The Labute approximate surface area is 173 Å². The first-order valence-electron chi connectivity index (χ1n) is 10.1. The molecule has 0 spiro atoms. The molecule has 1 fully saturated rings. The normalized spacial score (nSPS) is 18.3. The van der Waals surface area contributed by atoms with Crippen molar-refractivity contribution in [3.05, 3.63) is 63.7 Å². The lowest BCUT2D eigenvalue weighted by Gasteiger charge is -2.17. The van der Waals surface area contributed by atoms with Crippen molar-refractivity contribution in [3.63, 3.8) is 0 Å². The zero-order chi connectivity index (χ0) is 21.1. The van der Waals surface area contributed by atoms with Crippen molar-refractivity contribution in [3.8, 4) is 11.5 Å². The number of amides is 1. The second-order valence-electron chi connectivity index (χ2n) is 9.06. The van der Waals surface area contributed by atoms with E-state index < -0.39 is 11.2 Å². The number of benzene rings is 1. The minimum Gasteiger partial charge on any atom is -0.454 e. The summed E-state index contributed by atoms with van der Waals surface area (Å²) in [6.07, 6.45) is 4.33. The molecular weight excluding hydrogens is 383 g/mol. The first-order chi connectivity index (χ1) is 14.3. The van der Waals surface area contributed by atoms with E-state index in [-0.39, 0.29) is 23.8 Å². The van der Waals surface area contributed by atoms with Crippen LogP contribution in [0.25, 0.3) is 11.8 Å². The average Bonchev–Trinajstić information content (AvgIpc) is 3.24. The third kappa shape index (κ3) is 3.04. The summed E-state index contributed by atoms with van der Waals surface area (Å²) in [6.45, 7) is 6.45. The molecule has 1 amide bonds. The van der Waals surface area contributed by atoms with Crippen molar-refractivity contribution < 1.29 is 18.7 Å². The van der Waals surface area contributed by atoms with Crippen molar-refractivity contribution in [2.45, 2.75) is 44.4 Å². The zero-order valence-electron chi connectivity index (χ0n) is 17.2. The second-order valence-corrected chi connectivity index (χ2v) is 9.06. The summed E-state index contributed by atoms with van der Waals surface area (Å²) < 4.78 is 25.7. The first kappa shape index (κ1) is 18.8. The van der Waals surface area contributed by atoms with Gasteiger partial charge < -0.3 is 19.8 Å². The third-order valence-corrected chi connectivity index (χ3v) is 5.91. The van der Waals surface area contributed by atoms with E-state index in [1.54, 1.807) is 0 Å². The molecule has 0 atom stereocenters. The largest absolute Gasteiger partial charge is 0.454 e. The molecule has 3 aliphatic rings. The van der Waals surface area contributed by atoms with E-state index in [0.29, 0.717) is 29.7 Å². The molecule has 6 heteroatoms. The number of ether oxygens (including phenoxy) is 2. The Bertz CT molecular complexity index is 1250. The van der Waals surface area contributed by atoms with Crippen LogP contribution in [0.15, 0.2) is 41.9 Å². The molecule has 2 aromatic rings. The van der Waals surface area contributed by atoms with Crippen LogP contribution < -0.4 is 25.4 Å². The topological polar surface area (TPSA) is 63.4 Å². The lowest BCUT2D eigenvalue weighted by atomic mass is 9.92. The van der Waals surface area contributed by atoms with E-state index >= 15 is 0 Å². The van der Waals surface area contributed by atoms with Crippen LogP contribution in [0, 0.1) is 0 Å². The van der Waals surface area contributed by atoms with Gasteiger partial charge in [0.25, 0.3) is 0 Å². The highest BCUT2D eigenvalue weighted by molar-refractivity contribution is 5.93. The third-order valence-electron chi connectivity index (χ3n) is 5.91. The van der Waals surface area contributed by atoms with Gasteiger partial charge >= 0.3 is 0 Å². The summed E-state index contributed by atoms with van der Waals surface area (Å²) in [7, 11) is 0. The SMILES string of the molecule is CC(C)(C)c1cc2c([nH]1)=CC(F)=C(NC(=O)C1(c3ccc4c(c3)OCO4)CC1)C=C=2. The molecule has 30 heavy (non-hydrogen) atoms. The van der Waals surface area contributed by atoms with Gasteiger partial charge in [0, 0.05) is 28.5 Å². The van der Waals surface area contributed by atoms with E-state index in [2.05, 4.69) is 36.8 Å². The Morgan fingerprint density at radius 1 is 1.20 bits per heavy atom. The minimum atomic E-state index is -0.665. The Morgan fingerprint density at radius 2 is 1.97 bits per heavy atom. The number of hydrogen-bond donors (Lipinski definition) is 2. The number of aromatic nitrogens is 1. The number of fused-ring (bicyclic) bond motifs is 2. The lowest BCUT2D eigenvalue weighted by Crippen LogP contribution is -2.34. The Balaban J connectivity index is 1.43. The number of nitrogens with one attached hydrogen (secondary N) is 2. The summed E-state index contributed by atoms with van der Waals surface area (Å²) in [6, 6.07) is 7.51. The molecule has 1 saturated carbocycles. The smallest absolute Gasteiger partial charge is 0.235 e. The molecule has 154 valence electrons. The zero-order valence-corrected chi connectivity index (χ0v) is 17.2. The van der Waals surface area contributed by atoms with Gasteiger partial charge in [-0.15, -0.1) is 5.73 Å².